The van der Waals surface area contributed by atoms with Crippen molar-refractivity contribution in [3.05, 3.63) is 59.0 Å². The number of carbonyl (C=O) groups excluding carboxylic acids is 1. The molecule has 0 saturated carbocycles. The van der Waals surface area contributed by atoms with Crippen molar-refractivity contribution in [2.24, 2.45) is 0 Å². The lowest BCUT2D eigenvalue weighted by Crippen LogP contribution is -2.13. The van der Waals surface area contributed by atoms with Gasteiger partial charge in [-0.25, -0.2) is 0 Å². The molecule has 3 rings (SSSR count). The number of fused-ring (bicyclic) bond motifs is 1. The zero-order valence-electron chi connectivity index (χ0n) is 12.2. The van der Waals surface area contributed by atoms with Crippen LogP contribution < -0.4 is 5.32 Å². The van der Waals surface area contributed by atoms with Crippen molar-refractivity contribution in [1.82, 2.24) is 14.6 Å². The van der Waals surface area contributed by atoms with Gasteiger partial charge in [0.2, 0.25) is 0 Å². The molecule has 0 atom stereocenters. The van der Waals surface area contributed by atoms with Gasteiger partial charge >= 0.3 is 0 Å². The molecule has 112 valence electrons. The molecule has 0 aliphatic heterocycles. The van der Waals surface area contributed by atoms with E-state index in [1.165, 1.54) is 0 Å². The summed E-state index contributed by atoms with van der Waals surface area (Å²) in [6.45, 7) is 4.09. The van der Waals surface area contributed by atoms with Crippen molar-refractivity contribution >= 4 is 28.8 Å². The number of pyridine rings is 1. The van der Waals surface area contributed by atoms with Gasteiger partial charge in [0.05, 0.1) is 16.3 Å². The highest BCUT2D eigenvalue weighted by Crippen LogP contribution is 2.19. The van der Waals surface area contributed by atoms with Crippen molar-refractivity contribution in [2.45, 2.75) is 19.8 Å². The van der Waals surface area contributed by atoms with Gasteiger partial charge in [0.15, 0.2) is 5.65 Å². The van der Waals surface area contributed by atoms with E-state index in [1.54, 1.807) is 30.3 Å². The fourth-order valence-electron chi connectivity index (χ4n) is 2.22. The molecule has 22 heavy (non-hydrogen) atoms. The zero-order valence-corrected chi connectivity index (χ0v) is 13.0. The number of hydrogen-bond acceptors (Lipinski definition) is 3. The van der Waals surface area contributed by atoms with E-state index in [-0.39, 0.29) is 11.8 Å². The van der Waals surface area contributed by atoms with Gasteiger partial charge in [-0.3, -0.25) is 9.20 Å². The number of nitrogens with zero attached hydrogens (tertiary/aromatic N) is 3. The van der Waals surface area contributed by atoms with Crippen LogP contribution in [0.2, 0.25) is 5.02 Å². The first-order chi connectivity index (χ1) is 10.6. The summed E-state index contributed by atoms with van der Waals surface area (Å²) in [6, 6.07) is 10.6. The van der Waals surface area contributed by atoms with Crippen LogP contribution in [0.25, 0.3) is 5.65 Å². The average molecular weight is 315 g/mol. The molecule has 0 spiro atoms. The normalized spacial score (nSPS) is 11.1. The minimum Gasteiger partial charge on any atom is -0.321 e. The Morgan fingerprint density at radius 3 is 2.68 bits per heavy atom. The van der Waals surface area contributed by atoms with Gasteiger partial charge in [-0.2, -0.15) is 0 Å². The Morgan fingerprint density at radius 1 is 1.18 bits per heavy atom. The second-order valence-electron chi connectivity index (χ2n) is 5.29. The fraction of sp³-hybridized carbons (Fsp3) is 0.188. The lowest BCUT2D eigenvalue weighted by molar-refractivity contribution is 0.102. The van der Waals surface area contributed by atoms with Crippen LogP contribution in [-0.4, -0.2) is 20.5 Å². The Balaban J connectivity index is 1.92. The quantitative estimate of drug-likeness (QED) is 0.800. The summed E-state index contributed by atoms with van der Waals surface area (Å²) in [5.74, 6) is 0.845. The molecular formula is C16H15ClN4O. The number of benzene rings is 1. The zero-order chi connectivity index (χ0) is 15.7. The van der Waals surface area contributed by atoms with E-state index in [9.17, 15) is 4.79 Å². The van der Waals surface area contributed by atoms with Crippen LogP contribution in [-0.2, 0) is 0 Å². The third-order valence-corrected chi connectivity index (χ3v) is 3.65. The number of carbonyl (C=O) groups is 1. The molecule has 5 nitrogen and oxygen atoms in total. The number of hydrogen-bond donors (Lipinski definition) is 1. The second kappa shape index (κ2) is 5.77. The molecule has 1 aromatic carbocycles. The molecule has 2 heterocycles. The summed E-state index contributed by atoms with van der Waals surface area (Å²) in [4.78, 5) is 12.3. The van der Waals surface area contributed by atoms with Gasteiger partial charge in [-0.05, 0) is 24.3 Å². The maximum atomic E-state index is 12.3. The predicted molar refractivity (Wildman–Crippen MR) is 86.5 cm³/mol. The van der Waals surface area contributed by atoms with Crippen molar-refractivity contribution < 1.29 is 4.79 Å². The number of rotatable bonds is 3. The molecule has 2 aromatic heterocycles. The summed E-state index contributed by atoms with van der Waals surface area (Å²) in [6.07, 6.45) is 1.82. The van der Waals surface area contributed by atoms with Crippen molar-refractivity contribution in [2.75, 3.05) is 5.32 Å². The summed E-state index contributed by atoms with van der Waals surface area (Å²) < 4.78 is 1.88. The third kappa shape index (κ3) is 2.67. The van der Waals surface area contributed by atoms with Gasteiger partial charge in [0.25, 0.3) is 5.91 Å². The SMILES string of the molecule is CC(C)c1nnc2ccc(NC(=O)c3ccccc3Cl)cn12. The maximum Gasteiger partial charge on any atom is 0.257 e. The van der Waals surface area contributed by atoms with Gasteiger partial charge in [-0.1, -0.05) is 37.6 Å². The summed E-state index contributed by atoms with van der Waals surface area (Å²) in [5, 5.41) is 11.5. The fourth-order valence-corrected chi connectivity index (χ4v) is 2.44. The number of aromatic nitrogens is 3. The minimum absolute atomic E-state index is 0.240. The van der Waals surface area contributed by atoms with Gasteiger partial charge in [0.1, 0.15) is 5.82 Å². The van der Waals surface area contributed by atoms with Crippen LogP contribution in [0.1, 0.15) is 35.9 Å². The van der Waals surface area contributed by atoms with E-state index in [0.717, 1.165) is 11.5 Å². The predicted octanol–water partition coefficient (Wildman–Crippen LogP) is 3.76. The number of halogens is 1. The van der Waals surface area contributed by atoms with Crippen LogP contribution in [0.3, 0.4) is 0 Å². The summed E-state index contributed by atoms with van der Waals surface area (Å²) in [5.41, 5.74) is 1.86. The van der Waals surface area contributed by atoms with Crippen LogP contribution >= 0.6 is 11.6 Å². The molecule has 0 saturated heterocycles. The molecule has 0 unspecified atom stereocenters. The molecular weight excluding hydrogens is 300 g/mol. The molecule has 0 bridgehead atoms. The van der Waals surface area contributed by atoms with E-state index in [4.69, 9.17) is 11.6 Å². The summed E-state index contributed by atoms with van der Waals surface area (Å²) >= 11 is 6.04. The van der Waals surface area contributed by atoms with Crippen molar-refractivity contribution in [3.8, 4) is 0 Å². The van der Waals surface area contributed by atoms with Crippen LogP contribution in [0.4, 0.5) is 5.69 Å². The van der Waals surface area contributed by atoms with Gasteiger partial charge in [0, 0.05) is 12.1 Å². The van der Waals surface area contributed by atoms with Gasteiger partial charge in [-0.15, -0.1) is 10.2 Å². The number of anilines is 1. The second-order valence-corrected chi connectivity index (χ2v) is 5.70. The first kappa shape index (κ1) is 14.5. The smallest absolute Gasteiger partial charge is 0.257 e. The molecule has 1 N–H and O–H groups in total. The monoisotopic (exact) mass is 314 g/mol. The van der Waals surface area contributed by atoms with E-state index in [0.29, 0.717) is 16.3 Å². The first-order valence-corrected chi connectivity index (χ1v) is 7.34. The Labute approximate surface area is 132 Å². The van der Waals surface area contributed by atoms with Crippen LogP contribution in [0, 0.1) is 0 Å². The molecule has 3 aromatic rings. The highest BCUT2D eigenvalue weighted by molar-refractivity contribution is 6.34. The Kier molecular flexibility index (Phi) is 3.81. The first-order valence-electron chi connectivity index (χ1n) is 6.97. The van der Waals surface area contributed by atoms with Gasteiger partial charge < -0.3 is 5.32 Å². The average Bonchev–Trinajstić information content (AvgIpc) is 2.91. The maximum absolute atomic E-state index is 12.3. The lowest BCUT2D eigenvalue weighted by Gasteiger charge is -2.08. The third-order valence-electron chi connectivity index (χ3n) is 3.32. The van der Waals surface area contributed by atoms with Crippen LogP contribution in [0.15, 0.2) is 42.6 Å². The molecule has 0 aliphatic carbocycles. The van der Waals surface area contributed by atoms with E-state index >= 15 is 0 Å². The van der Waals surface area contributed by atoms with E-state index in [1.807, 2.05) is 30.5 Å². The largest absolute Gasteiger partial charge is 0.321 e. The molecule has 0 aliphatic rings. The highest BCUT2D eigenvalue weighted by Gasteiger charge is 2.12. The Morgan fingerprint density at radius 2 is 1.95 bits per heavy atom. The minimum atomic E-state index is -0.246. The summed E-state index contributed by atoms with van der Waals surface area (Å²) in [7, 11) is 0. The molecule has 0 radical (unpaired) electrons. The molecule has 6 heteroatoms. The number of nitrogens with one attached hydrogen (secondary N) is 1. The molecule has 0 fully saturated rings. The Hall–Kier alpha value is -2.40. The molecule has 1 amide bonds. The lowest BCUT2D eigenvalue weighted by atomic mass is 10.2. The van der Waals surface area contributed by atoms with Crippen molar-refractivity contribution in [3.63, 3.8) is 0 Å². The van der Waals surface area contributed by atoms with Crippen LogP contribution in [0.5, 0.6) is 0 Å². The van der Waals surface area contributed by atoms with E-state index in [2.05, 4.69) is 15.5 Å². The number of amides is 1. The van der Waals surface area contributed by atoms with Crippen molar-refractivity contribution in [1.29, 1.82) is 0 Å². The topological polar surface area (TPSA) is 59.3 Å². The standard InChI is InChI=1S/C16H15ClN4O/c1-10(2)15-20-19-14-8-7-11(9-21(14)15)18-16(22)12-5-3-4-6-13(12)17/h3-10H,1-2H3,(H,18,22). The van der Waals surface area contributed by atoms with E-state index < -0.39 is 0 Å². The highest BCUT2D eigenvalue weighted by atomic mass is 35.5. The Bertz CT molecular complexity index is 841.